The smallest absolute Gasteiger partial charge is 0.385 e. The number of hydrogen-bond acceptors (Lipinski definition) is 4. The van der Waals surface area contributed by atoms with Gasteiger partial charge in [-0.2, -0.15) is 18.3 Å². The Morgan fingerprint density at radius 3 is 2.52 bits per heavy atom. The van der Waals surface area contributed by atoms with Crippen molar-refractivity contribution in [3.63, 3.8) is 0 Å². The SMILES string of the molecule is NCc1cccc(-n2nc(C(F)(F)F)cc2C(=O)NC2=CC(C(O)(CCC3CC3)c3ccccc3)CC=C2F)c1. The molecule has 2 aromatic carbocycles. The quantitative estimate of drug-likeness (QED) is 0.287. The maximum Gasteiger partial charge on any atom is 0.435 e. The summed E-state index contributed by atoms with van der Waals surface area (Å²) in [5.41, 5.74) is 3.98. The van der Waals surface area contributed by atoms with Crippen molar-refractivity contribution in [1.82, 2.24) is 15.1 Å². The van der Waals surface area contributed by atoms with Crippen LogP contribution in [0.15, 0.2) is 84.3 Å². The number of carbonyl (C=O) groups excluding carboxylic acids is 1. The van der Waals surface area contributed by atoms with Gasteiger partial charge in [0.15, 0.2) is 5.69 Å². The van der Waals surface area contributed by atoms with Crippen LogP contribution in [-0.2, 0) is 18.3 Å². The molecule has 1 aromatic heterocycles. The summed E-state index contributed by atoms with van der Waals surface area (Å²) in [4.78, 5) is 13.3. The number of alkyl halides is 3. The Balaban J connectivity index is 1.47. The molecule has 5 rings (SSSR count). The second kappa shape index (κ2) is 11.0. The van der Waals surface area contributed by atoms with Gasteiger partial charge < -0.3 is 16.2 Å². The van der Waals surface area contributed by atoms with E-state index in [1.807, 2.05) is 30.3 Å². The Labute approximate surface area is 229 Å². The fourth-order valence-electron chi connectivity index (χ4n) is 5.10. The third-order valence-corrected chi connectivity index (χ3v) is 7.57. The number of halogens is 4. The second-order valence-corrected chi connectivity index (χ2v) is 10.4. The Kier molecular flexibility index (Phi) is 7.65. The van der Waals surface area contributed by atoms with E-state index in [0.717, 1.165) is 23.9 Å². The van der Waals surface area contributed by atoms with Crippen LogP contribution < -0.4 is 11.1 Å². The molecule has 210 valence electrons. The molecular formula is C30H30F4N4O2. The number of rotatable bonds is 9. The molecule has 2 atom stereocenters. The Bertz CT molecular complexity index is 1440. The largest absolute Gasteiger partial charge is 0.435 e. The van der Waals surface area contributed by atoms with Gasteiger partial charge in [0.2, 0.25) is 0 Å². The van der Waals surface area contributed by atoms with E-state index >= 15 is 4.39 Å². The summed E-state index contributed by atoms with van der Waals surface area (Å²) in [5.74, 6) is -1.72. The molecule has 6 nitrogen and oxygen atoms in total. The lowest BCUT2D eigenvalue weighted by Crippen LogP contribution is -2.37. The monoisotopic (exact) mass is 554 g/mol. The van der Waals surface area contributed by atoms with Crippen molar-refractivity contribution in [3.05, 3.63) is 107 Å². The molecule has 1 amide bonds. The minimum atomic E-state index is -4.81. The first kappa shape index (κ1) is 27.8. The highest BCUT2D eigenvalue weighted by Gasteiger charge is 2.40. The van der Waals surface area contributed by atoms with Gasteiger partial charge in [0, 0.05) is 18.5 Å². The van der Waals surface area contributed by atoms with Gasteiger partial charge in [-0.1, -0.05) is 61.4 Å². The first-order valence-corrected chi connectivity index (χ1v) is 13.2. The van der Waals surface area contributed by atoms with Crippen molar-refractivity contribution in [2.45, 2.75) is 50.4 Å². The van der Waals surface area contributed by atoms with Crippen LogP contribution in [0.2, 0.25) is 0 Å². The summed E-state index contributed by atoms with van der Waals surface area (Å²) in [6.45, 7) is 0.137. The molecule has 0 bridgehead atoms. The van der Waals surface area contributed by atoms with Crippen LogP contribution in [0.5, 0.6) is 0 Å². The summed E-state index contributed by atoms with van der Waals surface area (Å²) >= 11 is 0. The molecule has 0 saturated heterocycles. The predicted octanol–water partition coefficient (Wildman–Crippen LogP) is 5.91. The van der Waals surface area contributed by atoms with Crippen molar-refractivity contribution >= 4 is 5.91 Å². The average Bonchev–Trinajstić information content (AvgIpc) is 3.67. The van der Waals surface area contributed by atoms with Crippen molar-refractivity contribution in [2.24, 2.45) is 17.6 Å². The number of nitrogens with zero attached hydrogens (tertiary/aromatic N) is 2. The topological polar surface area (TPSA) is 93.2 Å². The summed E-state index contributed by atoms with van der Waals surface area (Å²) in [6.07, 6.45) is 1.64. The van der Waals surface area contributed by atoms with Crippen LogP contribution in [0, 0.1) is 11.8 Å². The van der Waals surface area contributed by atoms with Crippen molar-refractivity contribution in [3.8, 4) is 5.69 Å². The van der Waals surface area contributed by atoms with Gasteiger partial charge in [-0.15, -0.1) is 0 Å². The number of aliphatic hydroxyl groups is 1. The van der Waals surface area contributed by atoms with Gasteiger partial charge in [0.1, 0.15) is 11.5 Å². The fraction of sp³-hybridized carbons (Fsp3) is 0.333. The van der Waals surface area contributed by atoms with Gasteiger partial charge in [-0.05, 0) is 54.5 Å². The Morgan fingerprint density at radius 1 is 1.10 bits per heavy atom. The minimum absolute atomic E-state index is 0.137. The standard InChI is InChI=1S/C30H30F4N4O2/c31-24-12-11-22(29(40,14-13-19-9-10-19)21-6-2-1-3-7-21)16-25(24)36-28(39)26-17-27(30(32,33)34)37-38(26)23-8-4-5-20(15-23)18-35/h1-8,12,15-17,19,22,40H,9-11,13-14,18,35H2,(H,36,39). The first-order chi connectivity index (χ1) is 19.1. The first-order valence-electron chi connectivity index (χ1n) is 13.2. The van der Waals surface area contributed by atoms with Crippen LogP contribution in [0.25, 0.3) is 5.69 Å². The zero-order chi connectivity index (χ0) is 28.5. The Hall–Kier alpha value is -3.76. The van der Waals surface area contributed by atoms with Gasteiger partial charge in [-0.25, -0.2) is 9.07 Å². The van der Waals surface area contributed by atoms with Crippen LogP contribution in [0.4, 0.5) is 17.6 Å². The Morgan fingerprint density at radius 2 is 1.85 bits per heavy atom. The molecule has 2 unspecified atom stereocenters. The number of nitrogens with two attached hydrogens (primary N) is 1. The van der Waals surface area contributed by atoms with Crippen LogP contribution in [0.3, 0.4) is 0 Å². The van der Waals surface area contributed by atoms with Crippen LogP contribution in [0.1, 0.15) is 59.4 Å². The predicted molar refractivity (Wildman–Crippen MR) is 142 cm³/mol. The van der Waals surface area contributed by atoms with Gasteiger partial charge in [-0.3, -0.25) is 4.79 Å². The molecular weight excluding hydrogens is 524 g/mol. The van der Waals surface area contributed by atoms with E-state index < -0.39 is 40.8 Å². The number of amides is 1. The lowest BCUT2D eigenvalue weighted by atomic mass is 9.74. The molecule has 1 saturated carbocycles. The second-order valence-electron chi connectivity index (χ2n) is 10.4. The number of carbonyl (C=O) groups is 1. The molecule has 1 heterocycles. The van der Waals surface area contributed by atoms with E-state index in [2.05, 4.69) is 10.4 Å². The van der Waals surface area contributed by atoms with E-state index in [9.17, 15) is 23.1 Å². The molecule has 0 aliphatic heterocycles. The molecule has 40 heavy (non-hydrogen) atoms. The zero-order valence-electron chi connectivity index (χ0n) is 21.7. The average molecular weight is 555 g/mol. The summed E-state index contributed by atoms with van der Waals surface area (Å²) in [7, 11) is 0. The van der Waals surface area contributed by atoms with Gasteiger partial charge >= 0.3 is 6.18 Å². The van der Waals surface area contributed by atoms with E-state index in [1.165, 1.54) is 24.3 Å². The number of nitrogens with one attached hydrogen (secondary N) is 1. The van der Waals surface area contributed by atoms with Crippen molar-refractivity contribution in [1.29, 1.82) is 0 Å². The fourth-order valence-corrected chi connectivity index (χ4v) is 5.10. The maximum absolute atomic E-state index is 15.0. The zero-order valence-corrected chi connectivity index (χ0v) is 21.7. The molecule has 2 aliphatic rings. The number of benzene rings is 2. The third kappa shape index (κ3) is 5.88. The summed E-state index contributed by atoms with van der Waals surface area (Å²) in [5, 5.41) is 18.0. The maximum atomic E-state index is 15.0. The van der Waals surface area contributed by atoms with Crippen LogP contribution in [-0.4, -0.2) is 20.8 Å². The van der Waals surface area contributed by atoms with Crippen molar-refractivity contribution in [2.75, 3.05) is 0 Å². The number of hydrogen-bond donors (Lipinski definition) is 3. The third-order valence-electron chi connectivity index (χ3n) is 7.57. The van der Waals surface area contributed by atoms with E-state index in [4.69, 9.17) is 5.73 Å². The molecule has 10 heteroatoms. The van der Waals surface area contributed by atoms with Crippen molar-refractivity contribution < 1.29 is 27.5 Å². The molecule has 4 N–H and O–H groups in total. The lowest BCUT2D eigenvalue weighted by Gasteiger charge is -2.37. The lowest BCUT2D eigenvalue weighted by molar-refractivity contribution is -0.141. The highest BCUT2D eigenvalue weighted by molar-refractivity contribution is 5.95. The number of aromatic nitrogens is 2. The highest BCUT2D eigenvalue weighted by atomic mass is 19.4. The molecule has 3 aromatic rings. The van der Waals surface area contributed by atoms with Gasteiger partial charge in [0.25, 0.3) is 5.91 Å². The van der Waals surface area contributed by atoms with E-state index in [1.54, 1.807) is 12.1 Å². The molecule has 1 fully saturated rings. The number of allylic oxidation sites excluding steroid dienone is 2. The van der Waals surface area contributed by atoms with Crippen LogP contribution >= 0.6 is 0 Å². The van der Waals surface area contributed by atoms with E-state index in [0.29, 0.717) is 29.5 Å². The molecule has 0 radical (unpaired) electrons. The van der Waals surface area contributed by atoms with Gasteiger partial charge in [0.05, 0.1) is 17.0 Å². The minimum Gasteiger partial charge on any atom is -0.385 e. The summed E-state index contributed by atoms with van der Waals surface area (Å²) in [6, 6.07) is 16.1. The normalized spacial score (nSPS) is 19.0. The molecule has 0 spiro atoms. The highest BCUT2D eigenvalue weighted by Crippen LogP contribution is 2.44. The summed E-state index contributed by atoms with van der Waals surface area (Å²) < 4.78 is 56.6. The van der Waals surface area contributed by atoms with E-state index in [-0.39, 0.29) is 24.4 Å². The molecule has 2 aliphatic carbocycles.